The largest absolute Gasteiger partial charge is 0.494 e. The van der Waals surface area contributed by atoms with Crippen LogP contribution in [0.3, 0.4) is 0 Å². The molecule has 2 aromatic carbocycles. The fraction of sp³-hybridized carbons (Fsp3) is 0.294. The molecule has 0 aromatic heterocycles. The summed E-state index contributed by atoms with van der Waals surface area (Å²) in [6.07, 6.45) is 0.632. The lowest BCUT2D eigenvalue weighted by molar-refractivity contribution is 0.340. The predicted molar refractivity (Wildman–Crippen MR) is 96.6 cm³/mol. The fourth-order valence-corrected chi connectivity index (χ4v) is 4.34. The molecule has 5 heteroatoms. The molecule has 1 saturated carbocycles. The average Bonchev–Trinajstić information content (AvgIpc) is 3.06. The average molecular weight is 421 g/mol. The SMILES string of the molecule is CCOc1ccc([C@@]2(c3cc(Br)ccc3Cl)CC2(Cl)Cl)cc1. The molecule has 1 atom stereocenters. The molecule has 0 amide bonds. The number of benzene rings is 2. The third-order valence-corrected chi connectivity index (χ3v) is 5.77. The summed E-state index contributed by atoms with van der Waals surface area (Å²) in [5, 5.41) is 0.667. The smallest absolute Gasteiger partial charge is 0.133 e. The zero-order chi connectivity index (χ0) is 16.0. The van der Waals surface area contributed by atoms with E-state index < -0.39 is 9.75 Å². The van der Waals surface area contributed by atoms with Gasteiger partial charge in [0.15, 0.2) is 0 Å². The molecule has 1 nitrogen and oxygen atoms in total. The topological polar surface area (TPSA) is 9.23 Å². The van der Waals surface area contributed by atoms with Crippen molar-refractivity contribution in [2.24, 2.45) is 0 Å². The Labute approximate surface area is 153 Å². The van der Waals surface area contributed by atoms with Crippen LogP contribution in [0.15, 0.2) is 46.9 Å². The first-order valence-corrected chi connectivity index (χ1v) is 8.90. The van der Waals surface area contributed by atoms with Gasteiger partial charge in [-0.3, -0.25) is 0 Å². The maximum atomic E-state index is 6.52. The molecule has 1 aliphatic carbocycles. The second-order valence-corrected chi connectivity index (χ2v) is 8.17. The summed E-state index contributed by atoms with van der Waals surface area (Å²) in [7, 11) is 0. The lowest BCUT2D eigenvalue weighted by Gasteiger charge is -2.21. The first kappa shape index (κ1) is 16.4. The van der Waals surface area contributed by atoms with Crippen LogP contribution < -0.4 is 4.74 Å². The van der Waals surface area contributed by atoms with Gasteiger partial charge in [0.1, 0.15) is 10.1 Å². The van der Waals surface area contributed by atoms with Crippen LogP contribution in [-0.2, 0) is 5.41 Å². The van der Waals surface area contributed by atoms with Gasteiger partial charge in [-0.15, -0.1) is 23.2 Å². The third-order valence-electron chi connectivity index (χ3n) is 4.03. The summed E-state index contributed by atoms with van der Waals surface area (Å²) in [5.41, 5.74) is 1.50. The molecule has 0 aliphatic heterocycles. The molecule has 0 saturated heterocycles. The Bertz CT molecular complexity index is 700. The van der Waals surface area contributed by atoms with Crippen LogP contribution in [0.2, 0.25) is 5.02 Å². The normalized spacial score (nSPS) is 22.4. The molecule has 0 heterocycles. The van der Waals surface area contributed by atoms with Crippen molar-refractivity contribution in [3.8, 4) is 5.75 Å². The summed E-state index contributed by atoms with van der Waals surface area (Å²) in [4.78, 5) is 0. The van der Waals surface area contributed by atoms with E-state index in [0.29, 0.717) is 18.1 Å². The maximum Gasteiger partial charge on any atom is 0.133 e. The molecule has 0 N–H and O–H groups in total. The van der Waals surface area contributed by atoms with Gasteiger partial charge in [0.05, 0.1) is 12.0 Å². The molecule has 2 aromatic rings. The molecule has 1 fully saturated rings. The molecule has 3 rings (SSSR count). The first-order valence-electron chi connectivity index (χ1n) is 6.97. The minimum atomic E-state index is -0.857. The summed E-state index contributed by atoms with van der Waals surface area (Å²) >= 11 is 22.9. The van der Waals surface area contributed by atoms with Gasteiger partial charge in [-0.05, 0) is 54.8 Å². The van der Waals surface area contributed by atoms with E-state index in [2.05, 4.69) is 15.9 Å². The summed E-state index contributed by atoms with van der Waals surface area (Å²) in [6, 6.07) is 13.7. The van der Waals surface area contributed by atoms with E-state index in [4.69, 9.17) is 39.5 Å². The van der Waals surface area contributed by atoms with Gasteiger partial charge in [-0.1, -0.05) is 39.7 Å². The van der Waals surface area contributed by atoms with E-state index in [1.54, 1.807) is 0 Å². The van der Waals surface area contributed by atoms with E-state index in [0.717, 1.165) is 21.3 Å². The molecule has 1 aliphatic rings. The van der Waals surface area contributed by atoms with E-state index in [1.807, 2.05) is 49.4 Å². The highest BCUT2D eigenvalue weighted by molar-refractivity contribution is 9.10. The van der Waals surface area contributed by atoms with E-state index >= 15 is 0 Å². The van der Waals surface area contributed by atoms with Crippen LogP contribution in [0.1, 0.15) is 24.5 Å². The Morgan fingerprint density at radius 3 is 2.32 bits per heavy atom. The Morgan fingerprint density at radius 1 is 1.14 bits per heavy atom. The van der Waals surface area contributed by atoms with Crippen LogP contribution in [0, 0.1) is 0 Å². The number of alkyl halides is 2. The van der Waals surface area contributed by atoms with Crippen LogP contribution in [0.4, 0.5) is 0 Å². The molecular formula is C17H14BrCl3O. The van der Waals surface area contributed by atoms with Gasteiger partial charge >= 0.3 is 0 Å². The second kappa shape index (κ2) is 5.90. The highest BCUT2D eigenvalue weighted by Gasteiger charge is 2.68. The molecule has 0 bridgehead atoms. The van der Waals surface area contributed by atoms with Crippen molar-refractivity contribution < 1.29 is 4.74 Å². The Kier molecular flexibility index (Phi) is 4.41. The Morgan fingerprint density at radius 2 is 1.77 bits per heavy atom. The second-order valence-electron chi connectivity index (χ2n) is 5.37. The summed E-state index contributed by atoms with van der Waals surface area (Å²) < 4.78 is 5.59. The maximum absolute atomic E-state index is 6.52. The summed E-state index contributed by atoms with van der Waals surface area (Å²) in [5.74, 6) is 0.831. The van der Waals surface area contributed by atoms with Crippen molar-refractivity contribution in [1.29, 1.82) is 0 Å². The zero-order valence-electron chi connectivity index (χ0n) is 11.9. The standard InChI is InChI=1S/C17H14BrCl3O/c1-2-22-13-6-3-11(4-7-13)16(10-17(16,20)21)14-9-12(18)5-8-15(14)19/h3-9H,2,10H2,1H3/t16-/m1/s1. The molecular weight excluding hydrogens is 406 g/mol. The highest BCUT2D eigenvalue weighted by Crippen LogP contribution is 2.69. The van der Waals surface area contributed by atoms with Crippen molar-refractivity contribution >= 4 is 50.7 Å². The van der Waals surface area contributed by atoms with Crippen LogP contribution in [-0.4, -0.2) is 10.9 Å². The number of rotatable bonds is 4. The molecule has 0 unspecified atom stereocenters. The molecule has 0 radical (unpaired) electrons. The summed E-state index contributed by atoms with van der Waals surface area (Å²) in [6.45, 7) is 2.59. The minimum absolute atomic E-state index is 0.484. The van der Waals surface area contributed by atoms with Crippen molar-refractivity contribution in [2.45, 2.75) is 23.1 Å². The van der Waals surface area contributed by atoms with Crippen molar-refractivity contribution in [3.63, 3.8) is 0 Å². The quantitative estimate of drug-likeness (QED) is 0.523. The predicted octanol–water partition coefficient (Wildman–Crippen LogP) is 6.36. The number of halogens is 4. The molecule has 0 spiro atoms. The third kappa shape index (κ3) is 2.65. The van der Waals surface area contributed by atoms with Gasteiger partial charge in [0, 0.05) is 9.50 Å². The highest BCUT2D eigenvalue weighted by atomic mass is 79.9. The van der Waals surface area contributed by atoms with Crippen molar-refractivity contribution in [1.82, 2.24) is 0 Å². The van der Waals surface area contributed by atoms with Gasteiger partial charge in [-0.25, -0.2) is 0 Å². The van der Waals surface area contributed by atoms with Crippen molar-refractivity contribution in [3.05, 3.63) is 63.1 Å². The van der Waals surface area contributed by atoms with E-state index in [1.165, 1.54) is 0 Å². The number of hydrogen-bond donors (Lipinski definition) is 0. The van der Waals surface area contributed by atoms with Gasteiger partial charge in [0.2, 0.25) is 0 Å². The van der Waals surface area contributed by atoms with E-state index in [-0.39, 0.29) is 0 Å². The lowest BCUT2D eigenvalue weighted by atomic mass is 9.88. The molecule has 116 valence electrons. The first-order chi connectivity index (χ1) is 10.4. The number of hydrogen-bond acceptors (Lipinski definition) is 1. The van der Waals surface area contributed by atoms with Crippen molar-refractivity contribution in [2.75, 3.05) is 6.61 Å². The lowest BCUT2D eigenvalue weighted by Crippen LogP contribution is -2.17. The van der Waals surface area contributed by atoms with Gasteiger partial charge in [0.25, 0.3) is 0 Å². The van der Waals surface area contributed by atoms with Gasteiger partial charge < -0.3 is 4.74 Å². The van der Waals surface area contributed by atoms with Crippen LogP contribution in [0.25, 0.3) is 0 Å². The monoisotopic (exact) mass is 418 g/mol. The number of ether oxygens (including phenoxy) is 1. The van der Waals surface area contributed by atoms with Gasteiger partial charge in [-0.2, -0.15) is 0 Å². The van der Waals surface area contributed by atoms with Crippen LogP contribution >= 0.6 is 50.7 Å². The Balaban J connectivity index is 2.08. The zero-order valence-corrected chi connectivity index (χ0v) is 15.7. The Hall–Kier alpha value is -0.410. The molecule has 22 heavy (non-hydrogen) atoms. The van der Waals surface area contributed by atoms with Crippen LogP contribution in [0.5, 0.6) is 5.75 Å². The fourth-order valence-electron chi connectivity index (χ4n) is 2.88. The minimum Gasteiger partial charge on any atom is -0.494 e. The van der Waals surface area contributed by atoms with E-state index in [9.17, 15) is 0 Å².